The SMILES string of the molecule is CCC(C=O)CCC(Cc1ccccc1)C(=O)O. The van der Waals surface area contributed by atoms with Gasteiger partial charge in [-0.25, -0.2) is 0 Å². The van der Waals surface area contributed by atoms with Gasteiger partial charge in [0.05, 0.1) is 5.92 Å². The van der Waals surface area contributed by atoms with E-state index >= 15 is 0 Å². The number of hydrogen-bond donors (Lipinski definition) is 1. The van der Waals surface area contributed by atoms with Crippen LogP contribution >= 0.6 is 0 Å². The number of carboxylic acids is 1. The molecule has 0 aliphatic rings. The van der Waals surface area contributed by atoms with Crippen molar-refractivity contribution in [3.8, 4) is 0 Å². The third-order valence-electron chi connectivity index (χ3n) is 3.28. The molecule has 0 saturated carbocycles. The number of carbonyl (C=O) groups excluding carboxylic acids is 1. The Morgan fingerprint density at radius 3 is 2.44 bits per heavy atom. The summed E-state index contributed by atoms with van der Waals surface area (Å²) in [4.78, 5) is 21.9. The van der Waals surface area contributed by atoms with Crippen molar-refractivity contribution in [3.05, 3.63) is 35.9 Å². The van der Waals surface area contributed by atoms with E-state index in [1.807, 2.05) is 37.3 Å². The van der Waals surface area contributed by atoms with Gasteiger partial charge in [0.25, 0.3) is 0 Å². The summed E-state index contributed by atoms with van der Waals surface area (Å²) in [5, 5.41) is 9.20. The monoisotopic (exact) mass is 248 g/mol. The first-order chi connectivity index (χ1) is 8.67. The van der Waals surface area contributed by atoms with E-state index in [1.165, 1.54) is 0 Å². The summed E-state index contributed by atoms with van der Waals surface area (Å²) < 4.78 is 0. The molecule has 1 aromatic rings. The average Bonchev–Trinajstić information content (AvgIpc) is 2.39. The van der Waals surface area contributed by atoms with Crippen LogP contribution in [0.15, 0.2) is 30.3 Å². The molecule has 0 saturated heterocycles. The first kappa shape index (κ1) is 14.4. The van der Waals surface area contributed by atoms with Gasteiger partial charge in [0, 0.05) is 5.92 Å². The molecule has 18 heavy (non-hydrogen) atoms. The van der Waals surface area contributed by atoms with E-state index < -0.39 is 11.9 Å². The standard InChI is InChI=1S/C15H20O3/c1-2-12(11-16)8-9-14(15(17)18)10-13-6-4-3-5-7-13/h3-7,11-12,14H,2,8-10H2,1H3,(H,17,18). The number of aldehydes is 1. The third-order valence-corrected chi connectivity index (χ3v) is 3.28. The second-order valence-corrected chi connectivity index (χ2v) is 4.61. The van der Waals surface area contributed by atoms with Crippen LogP contribution in [0.2, 0.25) is 0 Å². The highest BCUT2D eigenvalue weighted by Gasteiger charge is 2.19. The van der Waals surface area contributed by atoms with Crippen LogP contribution in [0.1, 0.15) is 31.7 Å². The third kappa shape index (κ3) is 4.70. The van der Waals surface area contributed by atoms with Crippen molar-refractivity contribution in [2.24, 2.45) is 11.8 Å². The van der Waals surface area contributed by atoms with Crippen LogP contribution in [0, 0.1) is 11.8 Å². The molecular weight excluding hydrogens is 228 g/mol. The Balaban J connectivity index is 2.55. The molecule has 0 radical (unpaired) electrons. The van der Waals surface area contributed by atoms with Gasteiger partial charge in [-0.1, -0.05) is 37.3 Å². The number of carbonyl (C=O) groups is 2. The number of carboxylic acid groups (broad SMARTS) is 1. The Labute approximate surface area is 108 Å². The molecule has 0 spiro atoms. The molecule has 3 nitrogen and oxygen atoms in total. The lowest BCUT2D eigenvalue weighted by Gasteiger charge is -2.14. The van der Waals surface area contributed by atoms with Crippen LogP contribution in [-0.2, 0) is 16.0 Å². The Morgan fingerprint density at radius 1 is 1.28 bits per heavy atom. The zero-order valence-electron chi connectivity index (χ0n) is 10.7. The second kappa shape index (κ2) is 7.64. The molecule has 0 heterocycles. The van der Waals surface area contributed by atoms with Crippen LogP contribution < -0.4 is 0 Å². The fraction of sp³-hybridized carbons (Fsp3) is 0.467. The fourth-order valence-corrected chi connectivity index (χ4v) is 2.00. The Morgan fingerprint density at radius 2 is 1.94 bits per heavy atom. The predicted molar refractivity (Wildman–Crippen MR) is 70.4 cm³/mol. The van der Waals surface area contributed by atoms with Crippen molar-refractivity contribution in [2.75, 3.05) is 0 Å². The Bertz CT molecular complexity index is 373. The van der Waals surface area contributed by atoms with Gasteiger partial charge in [0.15, 0.2) is 0 Å². The van der Waals surface area contributed by atoms with Gasteiger partial charge in [-0.05, 0) is 31.2 Å². The first-order valence-electron chi connectivity index (χ1n) is 6.39. The predicted octanol–water partition coefficient (Wildman–Crippen LogP) is 2.94. The molecule has 3 heteroatoms. The lowest BCUT2D eigenvalue weighted by molar-refractivity contribution is -0.142. The summed E-state index contributed by atoms with van der Waals surface area (Å²) in [5.74, 6) is -1.19. The van der Waals surface area contributed by atoms with E-state index in [-0.39, 0.29) is 5.92 Å². The van der Waals surface area contributed by atoms with Crippen molar-refractivity contribution in [2.45, 2.75) is 32.6 Å². The van der Waals surface area contributed by atoms with Crippen LogP contribution in [0.25, 0.3) is 0 Å². The van der Waals surface area contributed by atoms with Gasteiger partial charge in [0.2, 0.25) is 0 Å². The molecular formula is C15H20O3. The van der Waals surface area contributed by atoms with E-state index in [0.29, 0.717) is 19.3 Å². The van der Waals surface area contributed by atoms with Gasteiger partial charge < -0.3 is 9.90 Å². The van der Waals surface area contributed by atoms with Gasteiger partial charge >= 0.3 is 5.97 Å². The van der Waals surface area contributed by atoms with Crippen molar-refractivity contribution < 1.29 is 14.7 Å². The van der Waals surface area contributed by atoms with Crippen molar-refractivity contribution in [1.82, 2.24) is 0 Å². The normalized spacial score (nSPS) is 13.8. The number of aliphatic carboxylic acids is 1. The van der Waals surface area contributed by atoms with Gasteiger partial charge in [-0.2, -0.15) is 0 Å². The lowest BCUT2D eigenvalue weighted by atomic mass is 9.90. The molecule has 0 bridgehead atoms. The van der Waals surface area contributed by atoms with Crippen LogP contribution in [0.4, 0.5) is 0 Å². The maximum atomic E-state index is 11.2. The van der Waals surface area contributed by atoms with Crippen LogP contribution in [0.3, 0.4) is 0 Å². The molecule has 0 aliphatic carbocycles. The molecule has 1 rings (SSSR count). The van der Waals surface area contributed by atoms with E-state index in [9.17, 15) is 14.7 Å². The minimum Gasteiger partial charge on any atom is -0.481 e. The lowest BCUT2D eigenvalue weighted by Crippen LogP contribution is -2.18. The highest BCUT2D eigenvalue weighted by atomic mass is 16.4. The quantitative estimate of drug-likeness (QED) is 0.720. The van der Waals surface area contributed by atoms with Crippen molar-refractivity contribution >= 4 is 12.3 Å². The molecule has 1 N–H and O–H groups in total. The number of hydrogen-bond acceptors (Lipinski definition) is 2. The molecule has 0 aliphatic heterocycles. The molecule has 2 atom stereocenters. The summed E-state index contributed by atoms with van der Waals surface area (Å²) in [6, 6.07) is 9.61. The zero-order valence-corrected chi connectivity index (χ0v) is 10.7. The highest BCUT2D eigenvalue weighted by Crippen LogP contribution is 2.18. The van der Waals surface area contributed by atoms with E-state index in [0.717, 1.165) is 18.3 Å². The van der Waals surface area contributed by atoms with Crippen molar-refractivity contribution in [1.29, 1.82) is 0 Å². The topological polar surface area (TPSA) is 54.4 Å². The summed E-state index contributed by atoms with van der Waals surface area (Å²) in [6.07, 6.45) is 3.46. The smallest absolute Gasteiger partial charge is 0.306 e. The van der Waals surface area contributed by atoms with Gasteiger partial charge in [-0.15, -0.1) is 0 Å². The van der Waals surface area contributed by atoms with E-state index in [4.69, 9.17) is 0 Å². The summed E-state index contributed by atoms with van der Waals surface area (Å²) >= 11 is 0. The zero-order chi connectivity index (χ0) is 13.4. The molecule has 1 aromatic carbocycles. The average molecular weight is 248 g/mol. The largest absolute Gasteiger partial charge is 0.481 e. The molecule has 0 fully saturated rings. The van der Waals surface area contributed by atoms with Gasteiger partial charge in [0.1, 0.15) is 6.29 Å². The summed E-state index contributed by atoms with van der Waals surface area (Å²) in [6.45, 7) is 1.95. The maximum absolute atomic E-state index is 11.2. The number of rotatable bonds is 8. The van der Waals surface area contributed by atoms with Crippen molar-refractivity contribution in [3.63, 3.8) is 0 Å². The Hall–Kier alpha value is -1.64. The molecule has 0 amide bonds. The maximum Gasteiger partial charge on any atom is 0.306 e. The summed E-state index contributed by atoms with van der Waals surface area (Å²) in [7, 11) is 0. The van der Waals surface area contributed by atoms with Gasteiger partial charge in [-0.3, -0.25) is 4.79 Å². The minimum absolute atomic E-state index is 0.0115. The first-order valence-corrected chi connectivity index (χ1v) is 6.39. The van der Waals surface area contributed by atoms with Crippen LogP contribution in [-0.4, -0.2) is 17.4 Å². The number of benzene rings is 1. The Kier molecular flexibility index (Phi) is 6.12. The van der Waals surface area contributed by atoms with E-state index in [1.54, 1.807) is 0 Å². The van der Waals surface area contributed by atoms with Crippen LogP contribution in [0.5, 0.6) is 0 Å². The highest BCUT2D eigenvalue weighted by molar-refractivity contribution is 5.70. The minimum atomic E-state index is -0.778. The van der Waals surface area contributed by atoms with E-state index in [2.05, 4.69) is 0 Å². The molecule has 98 valence electrons. The summed E-state index contributed by atoms with van der Waals surface area (Å²) in [5.41, 5.74) is 1.03. The molecule has 2 unspecified atom stereocenters. The molecule has 0 aromatic heterocycles. The second-order valence-electron chi connectivity index (χ2n) is 4.61. The fourth-order valence-electron chi connectivity index (χ4n) is 2.00.